The maximum atomic E-state index is 12.8. The number of methoxy groups -OCH3 is 2. The molecule has 2 aromatic rings. The number of ketones is 6. The number of Topliss-reactive ketones (excluding diaryl/α,β-unsaturated/α-hetero) is 6. The summed E-state index contributed by atoms with van der Waals surface area (Å²) in [6, 6.07) is 8.43. The Kier molecular flexibility index (Phi) is 6.31. The molecule has 2 unspecified atom stereocenters. The van der Waals surface area contributed by atoms with Crippen LogP contribution in [-0.4, -0.2) is 61.1 Å². The summed E-state index contributed by atoms with van der Waals surface area (Å²) in [5.74, 6) is -6.21. The predicted octanol–water partition coefficient (Wildman–Crippen LogP) is 2.68. The van der Waals surface area contributed by atoms with Gasteiger partial charge in [0.05, 0.1) is 0 Å². The monoisotopic (exact) mass is 478 g/mol. The van der Waals surface area contributed by atoms with Gasteiger partial charge in [-0.05, 0) is 50.2 Å². The second kappa shape index (κ2) is 9.09. The van der Waals surface area contributed by atoms with Crippen LogP contribution in [0.15, 0.2) is 36.4 Å². The minimum absolute atomic E-state index is 0.0563. The summed E-state index contributed by atoms with van der Waals surface area (Å²) in [6.07, 6.45) is -1.82. The molecular formula is C26H22O9. The van der Waals surface area contributed by atoms with Gasteiger partial charge in [-0.25, -0.2) is 0 Å². The highest BCUT2D eigenvalue weighted by molar-refractivity contribution is 6.37. The minimum Gasteiger partial charge on any atom is -0.457 e. The Morgan fingerprint density at radius 2 is 0.971 bits per heavy atom. The topological polar surface area (TPSA) is 130 Å². The van der Waals surface area contributed by atoms with E-state index in [1.807, 2.05) is 0 Å². The average molecular weight is 478 g/mol. The van der Waals surface area contributed by atoms with E-state index in [2.05, 4.69) is 0 Å². The van der Waals surface area contributed by atoms with Gasteiger partial charge in [-0.3, -0.25) is 28.8 Å². The van der Waals surface area contributed by atoms with Crippen LogP contribution in [0.1, 0.15) is 55.3 Å². The third-order valence-corrected chi connectivity index (χ3v) is 6.41. The summed E-state index contributed by atoms with van der Waals surface area (Å²) in [7, 11) is 2.63. The van der Waals surface area contributed by atoms with Crippen LogP contribution in [0.5, 0.6) is 11.5 Å². The first-order valence-corrected chi connectivity index (χ1v) is 10.9. The predicted molar refractivity (Wildman–Crippen MR) is 120 cm³/mol. The lowest BCUT2D eigenvalue weighted by Crippen LogP contribution is -2.34. The van der Waals surface area contributed by atoms with E-state index in [1.54, 1.807) is 0 Å². The smallest absolute Gasteiger partial charge is 0.182 e. The maximum Gasteiger partial charge on any atom is 0.182 e. The molecule has 0 saturated carbocycles. The van der Waals surface area contributed by atoms with Crippen LogP contribution in [-0.2, 0) is 19.1 Å². The van der Waals surface area contributed by atoms with Crippen LogP contribution >= 0.6 is 0 Å². The Morgan fingerprint density at radius 3 is 1.31 bits per heavy atom. The van der Waals surface area contributed by atoms with E-state index < -0.39 is 58.7 Å². The van der Waals surface area contributed by atoms with Crippen molar-refractivity contribution in [1.82, 2.24) is 0 Å². The molecule has 0 saturated heterocycles. The van der Waals surface area contributed by atoms with Crippen molar-refractivity contribution in [3.05, 3.63) is 58.7 Å². The van der Waals surface area contributed by atoms with Gasteiger partial charge in [-0.15, -0.1) is 0 Å². The summed E-state index contributed by atoms with van der Waals surface area (Å²) in [6.45, 7) is 2.93. The standard InChI is InChI=1S/C26H22O9/c1-11(33-3)21(27)19-23(29)15-7-5-13(9-17(15)25(19)31)35-14-6-8-16-18(10-14)26(32)20(24(16)30)22(28)12(2)34-4/h5-12,19-20H,1-4H3/t11-,12-,19?,20?/m0/s1. The Bertz CT molecular complexity index is 1210. The number of carbonyl (C=O) groups is 6. The van der Waals surface area contributed by atoms with Crippen molar-refractivity contribution in [2.45, 2.75) is 26.1 Å². The van der Waals surface area contributed by atoms with Gasteiger partial charge >= 0.3 is 0 Å². The van der Waals surface area contributed by atoms with Crippen LogP contribution in [0.25, 0.3) is 0 Å². The van der Waals surface area contributed by atoms with Gasteiger partial charge < -0.3 is 14.2 Å². The van der Waals surface area contributed by atoms with Crippen molar-refractivity contribution in [2.24, 2.45) is 11.8 Å². The van der Waals surface area contributed by atoms with Crippen LogP contribution in [0.3, 0.4) is 0 Å². The van der Waals surface area contributed by atoms with E-state index in [9.17, 15) is 28.8 Å². The molecule has 0 bridgehead atoms. The lowest BCUT2D eigenvalue weighted by molar-refractivity contribution is -0.129. The fourth-order valence-electron chi connectivity index (χ4n) is 4.23. The molecule has 0 radical (unpaired) electrons. The van der Waals surface area contributed by atoms with Crippen molar-refractivity contribution in [1.29, 1.82) is 0 Å². The minimum atomic E-state index is -1.46. The fraction of sp³-hybridized carbons (Fsp3) is 0.308. The van der Waals surface area contributed by atoms with E-state index >= 15 is 0 Å². The van der Waals surface area contributed by atoms with Crippen molar-refractivity contribution >= 4 is 34.7 Å². The van der Waals surface area contributed by atoms with Crippen molar-refractivity contribution in [3.8, 4) is 11.5 Å². The first-order valence-electron chi connectivity index (χ1n) is 10.9. The zero-order chi connectivity index (χ0) is 25.6. The number of fused-ring (bicyclic) bond motifs is 2. The molecule has 4 rings (SSSR count). The maximum absolute atomic E-state index is 12.8. The van der Waals surface area contributed by atoms with Crippen LogP contribution in [0.2, 0.25) is 0 Å². The van der Waals surface area contributed by atoms with Crippen LogP contribution < -0.4 is 4.74 Å². The molecule has 0 spiro atoms. The van der Waals surface area contributed by atoms with Crippen molar-refractivity contribution < 1.29 is 43.0 Å². The third kappa shape index (κ3) is 3.92. The molecule has 0 aromatic heterocycles. The summed E-state index contributed by atoms with van der Waals surface area (Å²) in [4.78, 5) is 75.8. The van der Waals surface area contributed by atoms with E-state index in [1.165, 1.54) is 64.5 Å². The zero-order valence-corrected chi connectivity index (χ0v) is 19.4. The fourth-order valence-corrected chi connectivity index (χ4v) is 4.23. The highest BCUT2D eigenvalue weighted by atomic mass is 16.5. The Hall–Kier alpha value is -3.82. The normalized spacial score (nSPS) is 20.5. The van der Waals surface area contributed by atoms with Gasteiger partial charge in [0.15, 0.2) is 34.7 Å². The first-order chi connectivity index (χ1) is 16.6. The Labute approximate surface area is 200 Å². The largest absolute Gasteiger partial charge is 0.457 e. The highest BCUT2D eigenvalue weighted by Crippen LogP contribution is 2.35. The number of hydrogen-bond donors (Lipinski definition) is 0. The van der Waals surface area contributed by atoms with Crippen LogP contribution in [0, 0.1) is 11.8 Å². The molecular weight excluding hydrogens is 456 g/mol. The molecule has 0 heterocycles. The van der Waals surface area contributed by atoms with Gasteiger partial charge in [-0.1, -0.05) is 0 Å². The molecule has 0 N–H and O–H groups in total. The molecule has 9 heteroatoms. The number of carbonyl (C=O) groups excluding carboxylic acids is 6. The molecule has 2 aromatic carbocycles. The molecule has 4 atom stereocenters. The number of ether oxygens (including phenoxy) is 3. The third-order valence-electron chi connectivity index (χ3n) is 6.41. The second-order valence-corrected chi connectivity index (χ2v) is 8.40. The highest BCUT2D eigenvalue weighted by Gasteiger charge is 2.46. The second-order valence-electron chi connectivity index (χ2n) is 8.40. The first kappa shape index (κ1) is 24.3. The molecule has 2 aliphatic carbocycles. The Balaban J connectivity index is 1.59. The van der Waals surface area contributed by atoms with Crippen LogP contribution in [0.4, 0.5) is 0 Å². The quantitative estimate of drug-likeness (QED) is 0.526. The SMILES string of the molecule is CO[C@@H](C)C(=O)C1C(=O)c2ccc(Oc3ccc4c(c3)C(=O)C(C(=O)[C@H](C)OC)C4=O)cc2C1=O. The molecule has 180 valence electrons. The van der Waals surface area contributed by atoms with Crippen molar-refractivity contribution in [2.75, 3.05) is 14.2 Å². The zero-order valence-electron chi connectivity index (χ0n) is 19.4. The summed E-state index contributed by atoms with van der Waals surface area (Å²) in [5.41, 5.74) is 0.348. The van der Waals surface area contributed by atoms with Gasteiger partial charge in [0, 0.05) is 36.5 Å². The number of rotatable bonds is 8. The van der Waals surface area contributed by atoms with Gasteiger partial charge in [0.1, 0.15) is 35.5 Å². The van der Waals surface area contributed by atoms with Gasteiger partial charge in [0.25, 0.3) is 0 Å². The van der Waals surface area contributed by atoms with Gasteiger partial charge in [-0.2, -0.15) is 0 Å². The summed E-state index contributed by atoms with van der Waals surface area (Å²) >= 11 is 0. The van der Waals surface area contributed by atoms with E-state index in [0.717, 1.165) is 0 Å². The Morgan fingerprint density at radius 1 is 0.629 bits per heavy atom. The molecule has 0 aliphatic heterocycles. The van der Waals surface area contributed by atoms with E-state index in [4.69, 9.17) is 14.2 Å². The number of benzene rings is 2. The molecule has 2 aliphatic rings. The lowest BCUT2D eigenvalue weighted by atomic mass is 9.95. The molecule has 9 nitrogen and oxygen atoms in total. The summed E-state index contributed by atoms with van der Waals surface area (Å²) in [5, 5.41) is 0. The van der Waals surface area contributed by atoms with Gasteiger partial charge in [0.2, 0.25) is 0 Å². The van der Waals surface area contributed by atoms with E-state index in [-0.39, 0.29) is 33.8 Å². The molecule has 35 heavy (non-hydrogen) atoms. The van der Waals surface area contributed by atoms with E-state index in [0.29, 0.717) is 0 Å². The number of hydrogen-bond acceptors (Lipinski definition) is 9. The molecule has 0 fully saturated rings. The molecule has 0 amide bonds. The average Bonchev–Trinajstić information content (AvgIpc) is 3.25. The van der Waals surface area contributed by atoms with Crippen molar-refractivity contribution in [3.63, 3.8) is 0 Å². The lowest BCUT2D eigenvalue weighted by Gasteiger charge is -2.11. The summed E-state index contributed by atoms with van der Waals surface area (Å²) < 4.78 is 15.7.